The number of nitrogens with zero attached hydrogens (tertiary/aromatic N) is 1. The van der Waals surface area contributed by atoms with Gasteiger partial charge in [-0.05, 0) is 59.5 Å². The Kier molecular flexibility index (Phi) is 5.07. The number of nitrogens with one attached hydrogen (secondary N) is 1. The average Bonchev–Trinajstić information content (AvgIpc) is 2.66. The molecule has 3 nitrogen and oxygen atoms in total. The van der Waals surface area contributed by atoms with Crippen LogP contribution in [0.5, 0.6) is 0 Å². The lowest BCUT2D eigenvalue weighted by Gasteiger charge is -2.45. The lowest BCUT2D eigenvalue weighted by molar-refractivity contribution is 0.413. The number of aliphatic imine (C=N–C) groups is 1. The van der Waals surface area contributed by atoms with Crippen LogP contribution in [-0.4, -0.2) is 11.2 Å². The summed E-state index contributed by atoms with van der Waals surface area (Å²) in [6.07, 6.45) is 10.1. The highest BCUT2D eigenvalue weighted by molar-refractivity contribution is 9.12. The van der Waals surface area contributed by atoms with Crippen LogP contribution in [-0.2, 0) is 12.0 Å². The van der Waals surface area contributed by atoms with Crippen LogP contribution in [0.15, 0.2) is 80.0 Å². The summed E-state index contributed by atoms with van der Waals surface area (Å²) >= 11 is 3.66. The van der Waals surface area contributed by atoms with E-state index in [1.54, 1.807) is 6.07 Å². The first-order chi connectivity index (χ1) is 13.5. The van der Waals surface area contributed by atoms with Crippen molar-refractivity contribution in [1.29, 1.82) is 0 Å². The molecular weight excluding hydrogens is 412 g/mol. The summed E-state index contributed by atoms with van der Waals surface area (Å²) in [5.74, 6) is 0.276. The molecule has 1 heterocycles. The molecule has 2 aromatic rings. The molecule has 0 radical (unpaired) electrons. The Balaban J connectivity index is 1.83. The van der Waals surface area contributed by atoms with E-state index in [1.165, 1.54) is 11.1 Å². The number of benzene rings is 1. The Bertz CT molecular complexity index is 1080. The predicted octanol–water partition coefficient (Wildman–Crippen LogP) is 5.55. The highest BCUT2D eigenvalue weighted by atomic mass is 79.9. The Hall–Kier alpha value is -2.46. The summed E-state index contributed by atoms with van der Waals surface area (Å²) < 4.78 is 0.920. The molecule has 142 valence electrons. The molecule has 0 unspecified atom stereocenters. The molecule has 0 saturated carbocycles. The van der Waals surface area contributed by atoms with E-state index < -0.39 is 5.54 Å². The van der Waals surface area contributed by atoms with E-state index in [1.807, 2.05) is 30.5 Å². The van der Waals surface area contributed by atoms with Crippen LogP contribution in [0.3, 0.4) is 0 Å². The number of aromatic nitrogens is 1. The van der Waals surface area contributed by atoms with Gasteiger partial charge in [-0.3, -0.25) is 9.79 Å². The maximum atomic E-state index is 11.9. The SMILES string of the molecule is C/C=C1\[C@H]2C=C(C)C[C@]1(N=C/C(Br)=C/c1ccccc1)c1ccc(=O)[nH]c1C2. The van der Waals surface area contributed by atoms with Crippen LogP contribution in [0, 0.1) is 5.92 Å². The molecule has 0 fully saturated rings. The number of allylic oxidation sites excluding steroid dienone is 3. The first kappa shape index (κ1) is 18.9. The molecule has 1 aromatic heterocycles. The van der Waals surface area contributed by atoms with Crippen LogP contribution >= 0.6 is 15.9 Å². The van der Waals surface area contributed by atoms with Gasteiger partial charge >= 0.3 is 0 Å². The van der Waals surface area contributed by atoms with E-state index in [2.05, 4.69) is 65.1 Å². The minimum absolute atomic E-state index is 0.0502. The van der Waals surface area contributed by atoms with Gasteiger partial charge in [-0.15, -0.1) is 0 Å². The van der Waals surface area contributed by atoms with E-state index in [0.29, 0.717) is 0 Å². The van der Waals surface area contributed by atoms with Gasteiger partial charge in [0, 0.05) is 40.4 Å². The van der Waals surface area contributed by atoms with Crippen LogP contribution in [0.25, 0.3) is 6.08 Å². The van der Waals surface area contributed by atoms with Gasteiger partial charge in [-0.2, -0.15) is 0 Å². The molecule has 2 atom stereocenters. The van der Waals surface area contributed by atoms with E-state index in [-0.39, 0.29) is 11.5 Å². The molecule has 1 N–H and O–H groups in total. The molecule has 0 spiro atoms. The van der Waals surface area contributed by atoms with E-state index in [4.69, 9.17) is 4.99 Å². The van der Waals surface area contributed by atoms with Crippen molar-refractivity contribution in [1.82, 2.24) is 4.98 Å². The first-order valence-electron chi connectivity index (χ1n) is 9.56. The maximum absolute atomic E-state index is 11.9. The van der Waals surface area contributed by atoms with Gasteiger partial charge in [0.15, 0.2) is 0 Å². The second-order valence-corrected chi connectivity index (χ2v) is 8.43. The standard InChI is InChI=1S/C24H23BrN2O/c1-3-20-18-11-16(2)14-24(20,21-9-10-23(28)27-22(21)13-18)26-15-19(25)12-17-7-5-4-6-8-17/h3-12,15,18H,13-14H2,1-2H3,(H,27,28)/b19-12-,20-3+,26-15?/t18-,24+/m0/s1. The molecule has 2 bridgehead atoms. The van der Waals surface area contributed by atoms with Gasteiger partial charge in [0.25, 0.3) is 0 Å². The van der Waals surface area contributed by atoms with E-state index in [0.717, 1.165) is 34.1 Å². The fraction of sp³-hybridized carbons (Fsp3) is 0.250. The number of hydrogen-bond donors (Lipinski definition) is 1. The molecular formula is C24H23BrN2O. The molecule has 0 amide bonds. The molecule has 1 aromatic carbocycles. The van der Waals surface area contributed by atoms with E-state index in [9.17, 15) is 4.79 Å². The van der Waals surface area contributed by atoms with Crippen LogP contribution in [0.2, 0.25) is 0 Å². The van der Waals surface area contributed by atoms with Crippen molar-refractivity contribution in [2.45, 2.75) is 32.2 Å². The van der Waals surface area contributed by atoms with Crippen molar-refractivity contribution in [2.75, 3.05) is 0 Å². The molecule has 28 heavy (non-hydrogen) atoms. The zero-order chi connectivity index (χ0) is 19.7. The summed E-state index contributed by atoms with van der Waals surface area (Å²) in [6.45, 7) is 4.27. The Morgan fingerprint density at radius 2 is 2.04 bits per heavy atom. The normalized spacial score (nSPS) is 25.7. The van der Waals surface area contributed by atoms with Gasteiger partial charge in [-0.25, -0.2) is 0 Å². The Labute approximate surface area is 173 Å². The monoisotopic (exact) mass is 434 g/mol. The van der Waals surface area contributed by atoms with Gasteiger partial charge in [0.05, 0.1) is 0 Å². The highest BCUT2D eigenvalue weighted by Crippen LogP contribution is 2.51. The number of pyridine rings is 1. The molecule has 2 aliphatic rings. The largest absolute Gasteiger partial charge is 0.326 e. The molecule has 0 saturated heterocycles. The van der Waals surface area contributed by atoms with Crippen LogP contribution < -0.4 is 5.56 Å². The second-order valence-electron chi connectivity index (χ2n) is 7.52. The third-order valence-corrected chi connectivity index (χ3v) is 6.02. The lowest BCUT2D eigenvalue weighted by atomic mass is 9.63. The van der Waals surface area contributed by atoms with Gasteiger partial charge in [-0.1, -0.05) is 48.1 Å². The predicted molar refractivity (Wildman–Crippen MR) is 120 cm³/mol. The van der Waals surface area contributed by atoms with Crippen molar-refractivity contribution in [3.05, 3.63) is 97.4 Å². The fourth-order valence-electron chi connectivity index (χ4n) is 4.57. The quantitative estimate of drug-likeness (QED) is 0.499. The number of hydrogen-bond acceptors (Lipinski definition) is 2. The molecule has 4 heteroatoms. The number of fused-ring (bicyclic) bond motifs is 4. The Morgan fingerprint density at radius 1 is 1.25 bits per heavy atom. The van der Waals surface area contributed by atoms with Gasteiger partial charge < -0.3 is 4.98 Å². The summed E-state index contributed by atoms with van der Waals surface area (Å²) in [4.78, 5) is 20.1. The van der Waals surface area contributed by atoms with Crippen LogP contribution in [0.4, 0.5) is 0 Å². The van der Waals surface area contributed by atoms with Crippen molar-refractivity contribution < 1.29 is 0 Å². The number of halogens is 1. The Morgan fingerprint density at radius 3 is 2.79 bits per heavy atom. The zero-order valence-corrected chi connectivity index (χ0v) is 17.7. The summed E-state index contributed by atoms with van der Waals surface area (Å²) in [5, 5.41) is 0. The smallest absolute Gasteiger partial charge is 0.248 e. The van der Waals surface area contributed by atoms with Crippen molar-refractivity contribution >= 4 is 28.2 Å². The van der Waals surface area contributed by atoms with Crippen molar-refractivity contribution in [3.8, 4) is 0 Å². The first-order valence-corrected chi connectivity index (χ1v) is 10.4. The zero-order valence-electron chi connectivity index (χ0n) is 16.1. The number of rotatable bonds is 3. The minimum atomic E-state index is -0.459. The van der Waals surface area contributed by atoms with Crippen LogP contribution in [0.1, 0.15) is 37.1 Å². The minimum Gasteiger partial charge on any atom is -0.326 e. The highest BCUT2D eigenvalue weighted by Gasteiger charge is 2.46. The summed E-state index contributed by atoms with van der Waals surface area (Å²) in [6, 6.07) is 13.8. The topological polar surface area (TPSA) is 45.2 Å². The number of H-pyrrole nitrogens is 1. The molecule has 4 rings (SSSR count). The average molecular weight is 435 g/mol. The third-order valence-electron chi connectivity index (χ3n) is 5.59. The molecule has 2 aliphatic carbocycles. The van der Waals surface area contributed by atoms with Gasteiger partial charge in [0.2, 0.25) is 5.56 Å². The molecule has 0 aliphatic heterocycles. The maximum Gasteiger partial charge on any atom is 0.248 e. The van der Waals surface area contributed by atoms with E-state index >= 15 is 0 Å². The van der Waals surface area contributed by atoms with Crippen molar-refractivity contribution in [3.63, 3.8) is 0 Å². The summed E-state index contributed by atoms with van der Waals surface area (Å²) in [7, 11) is 0. The third kappa shape index (κ3) is 3.37. The van der Waals surface area contributed by atoms with Gasteiger partial charge in [0.1, 0.15) is 5.54 Å². The fourth-order valence-corrected chi connectivity index (χ4v) is 4.94. The van der Waals surface area contributed by atoms with Crippen molar-refractivity contribution in [2.24, 2.45) is 10.9 Å². The number of aromatic amines is 1. The lowest BCUT2D eigenvalue weighted by Crippen LogP contribution is -2.40. The second kappa shape index (κ2) is 7.51. The summed E-state index contributed by atoms with van der Waals surface area (Å²) in [5.41, 5.74) is 5.38.